The fraction of sp³-hybridized carbons (Fsp3) is 0.462. The third-order valence-corrected chi connectivity index (χ3v) is 2.36. The fourth-order valence-electron chi connectivity index (χ4n) is 1.48. The highest BCUT2D eigenvalue weighted by atomic mass is 15.4. The molecule has 0 spiro atoms. The lowest BCUT2D eigenvalue weighted by atomic mass is 10.2. The molecule has 0 fully saturated rings. The Morgan fingerprint density at radius 2 is 2.00 bits per heavy atom. The molecule has 94 valence electrons. The zero-order valence-corrected chi connectivity index (χ0v) is 10.9. The van der Waals surface area contributed by atoms with Gasteiger partial charge >= 0.3 is 0 Å². The molecule has 4 nitrogen and oxygen atoms in total. The first-order valence-electron chi connectivity index (χ1n) is 5.89. The normalized spacial score (nSPS) is 11.7. The number of hydrazine groups is 1. The van der Waals surface area contributed by atoms with E-state index in [1.165, 1.54) is 5.56 Å². The average molecular weight is 234 g/mol. The molecule has 0 atom stereocenters. The van der Waals surface area contributed by atoms with Crippen LogP contribution >= 0.6 is 0 Å². The largest absolute Gasteiger partial charge is 0.341 e. The smallest absolute Gasteiger partial charge is 0.208 e. The standard InChI is InChI=1S/C13H22N4/c1-11(2)9-15-13(16-14)17(3)10-12-7-5-4-6-8-12/h4-8,11H,9-10,14H2,1-3H3,(H,15,16). The molecule has 0 amide bonds. The van der Waals surface area contributed by atoms with Gasteiger partial charge in [-0.15, -0.1) is 0 Å². The Balaban J connectivity index is 2.61. The molecule has 0 saturated carbocycles. The summed E-state index contributed by atoms with van der Waals surface area (Å²) < 4.78 is 0. The minimum atomic E-state index is 0.531. The summed E-state index contributed by atoms with van der Waals surface area (Å²) in [5.74, 6) is 6.75. The Bertz CT molecular complexity index is 346. The van der Waals surface area contributed by atoms with Crippen LogP contribution in [0.2, 0.25) is 0 Å². The maximum Gasteiger partial charge on any atom is 0.208 e. The zero-order chi connectivity index (χ0) is 12.7. The summed E-state index contributed by atoms with van der Waals surface area (Å²) in [5.41, 5.74) is 3.89. The SMILES string of the molecule is CC(C)CN=C(NN)N(C)Cc1ccccc1. The number of hydrogen-bond donors (Lipinski definition) is 2. The second kappa shape index (κ2) is 6.91. The summed E-state index contributed by atoms with van der Waals surface area (Å²) in [6, 6.07) is 10.3. The van der Waals surface area contributed by atoms with Gasteiger partial charge in [0.05, 0.1) is 0 Å². The Hall–Kier alpha value is -1.55. The van der Waals surface area contributed by atoms with E-state index in [-0.39, 0.29) is 0 Å². The Kier molecular flexibility index (Phi) is 5.49. The molecule has 17 heavy (non-hydrogen) atoms. The van der Waals surface area contributed by atoms with Crippen molar-refractivity contribution < 1.29 is 0 Å². The van der Waals surface area contributed by atoms with E-state index >= 15 is 0 Å². The van der Waals surface area contributed by atoms with Crippen molar-refractivity contribution in [2.45, 2.75) is 20.4 Å². The van der Waals surface area contributed by atoms with Crippen LogP contribution < -0.4 is 11.3 Å². The lowest BCUT2D eigenvalue weighted by molar-refractivity contribution is 0.474. The van der Waals surface area contributed by atoms with Crippen molar-refractivity contribution in [1.82, 2.24) is 10.3 Å². The number of guanidine groups is 1. The maximum atomic E-state index is 5.49. The van der Waals surface area contributed by atoms with E-state index in [1.807, 2.05) is 30.1 Å². The number of benzene rings is 1. The third-order valence-electron chi connectivity index (χ3n) is 2.36. The molecule has 1 aromatic rings. The average Bonchev–Trinajstić information content (AvgIpc) is 2.30. The highest BCUT2D eigenvalue weighted by Crippen LogP contribution is 2.03. The molecule has 0 unspecified atom stereocenters. The van der Waals surface area contributed by atoms with Crippen LogP contribution in [0, 0.1) is 5.92 Å². The van der Waals surface area contributed by atoms with E-state index in [0.717, 1.165) is 19.0 Å². The molecule has 0 radical (unpaired) electrons. The minimum absolute atomic E-state index is 0.531. The number of hydrogen-bond acceptors (Lipinski definition) is 2. The van der Waals surface area contributed by atoms with Crippen LogP contribution in [0.3, 0.4) is 0 Å². The number of rotatable bonds is 4. The molecule has 0 aliphatic heterocycles. The highest BCUT2D eigenvalue weighted by Gasteiger charge is 2.05. The van der Waals surface area contributed by atoms with Crippen molar-refractivity contribution >= 4 is 5.96 Å². The van der Waals surface area contributed by atoms with Crippen molar-refractivity contribution in [2.75, 3.05) is 13.6 Å². The summed E-state index contributed by atoms with van der Waals surface area (Å²) in [6.07, 6.45) is 0. The number of aliphatic imine (C=N–C) groups is 1. The predicted octanol–water partition coefficient (Wildman–Crippen LogP) is 1.59. The topological polar surface area (TPSA) is 53.6 Å². The molecule has 0 bridgehead atoms. The molecule has 4 heteroatoms. The summed E-state index contributed by atoms with van der Waals surface area (Å²) in [7, 11) is 1.98. The molecule has 3 N–H and O–H groups in total. The monoisotopic (exact) mass is 234 g/mol. The van der Waals surface area contributed by atoms with Crippen molar-refractivity contribution in [3.05, 3.63) is 35.9 Å². The molecule has 0 aromatic heterocycles. The van der Waals surface area contributed by atoms with E-state index in [9.17, 15) is 0 Å². The Morgan fingerprint density at radius 1 is 1.35 bits per heavy atom. The minimum Gasteiger partial charge on any atom is -0.341 e. The van der Waals surface area contributed by atoms with Crippen molar-refractivity contribution in [2.24, 2.45) is 16.8 Å². The van der Waals surface area contributed by atoms with Gasteiger partial charge in [-0.1, -0.05) is 44.2 Å². The molecule has 0 aliphatic carbocycles. The van der Waals surface area contributed by atoms with Gasteiger partial charge in [-0.2, -0.15) is 0 Å². The molecule has 0 aliphatic rings. The lowest BCUT2D eigenvalue weighted by Gasteiger charge is -2.21. The van der Waals surface area contributed by atoms with Crippen molar-refractivity contribution in [3.8, 4) is 0 Å². The molecule has 0 saturated heterocycles. The Labute approximate surface area is 104 Å². The molecule has 1 aromatic carbocycles. The van der Waals surface area contributed by atoms with Gasteiger partial charge in [-0.3, -0.25) is 10.4 Å². The van der Waals surface area contributed by atoms with Crippen molar-refractivity contribution in [1.29, 1.82) is 0 Å². The Morgan fingerprint density at radius 3 is 2.53 bits per heavy atom. The maximum absolute atomic E-state index is 5.49. The molecular weight excluding hydrogens is 212 g/mol. The zero-order valence-electron chi connectivity index (χ0n) is 10.9. The van der Waals surface area contributed by atoms with E-state index in [1.54, 1.807) is 0 Å². The first-order valence-corrected chi connectivity index (χ1v) is 5.89. The summed E-state index contributed by atoms with van der Waals surface area (Å²) in [5, 5.41) is 0. The molecular formula is C13H22N4. The van der Waals surface area contributed by atoms with Gasteiger partial charge in [0.15, 0.2) is 0 Å². The fourth-order valence-corrected chi connectivity index (χ4v) is 1.48. The number of nitrogens with zero attached hydrogens (tertiary/aromatic N) is 2. The molecule has 0 heterocycles. The van der Waals surface area contributed by atoms with Crippen LogP contribution in [0.15, 0.2) is 35.3 Å². The van der Waals surface area contributed by atoms with E-state index < -0.39 is 0 Å². The highest BCUT2D eigenvalue weighted by molar-refractivity contribution is 5.79. The first-order chi connectivity index (χ1) is 8.13. The van der Waals surface area contributed by atoms with Gasteiger partial charge < -0.3 is 4.90 Å². The van der Waals surface area contributed by atoms with Gasteiger partial charge in [0.1, 0.15) is 0 Å². The number of nitrogens with one attached hydrogen (secondary N) is 1. The van der Waals surface area contributed by atoms with E-state index in [0.29, 0.717) is 5.92 Å². The molecule has 1 rings (SSSR count). The predicted molar refractivity (Wildman–Crippen MR) is 72.4 cm³/mol. The van der Waals surface area contributed by atoms with Crippen LogP contribution in [0.5, 0.6) is 0 Å². The van der Waals surface area contributed by atoms with Crippen LogP contribution in [0.1, 0.15) is 19.4 Å². The van der Waals surface area contributed by atoms with Crippen LogP contribution in [-0.2, 0) is 6.54 Å². The van der Waals surface area contributed by atoms with Gasteiger partial charge in [0.25, 0.3) is 0 Å². The first kappa shape index (κ1) is 13.5. The summed E-state index contributed by atoms with van der Waals surface area (Å²) in [4.78, 5) is 6.46. The van der Waals surface area contributed by atoms with E-state index in [2.05, 4.69) is 36.4 Å². The van der Waals surface area contributed by atoms with Crippen LogP contribution in [0.25, 0.3) is 0 Å². The van der Waals surface area contributed by atoms with Gasteiger partial charge in [0.2, 0.25) is 5.96 Å². The van der Waals surface area contributed by atoms with Gasteiger partial charge in [-0.25, -0.2) is 5.84 Å². The number of nitrogens with two attached hydrogens (primary N) is 1. The third kappa shape index (κ3) is 4.87. The van der Waals surface area contributed by atoms with Crippen molar-refractivity contribution in [3.63, 3.8) is 0 Å². The van der Waals surface area contributed by atoms with Gasteiger partial charge in [0, 0.05) is 20.1 Å². The second-order valence-electron chi connectivity index (χ2n) is 4.54. The van der Waals surface area contributed by atoms with Crippen LogP contribution in [0.4, 0.5) is 0 Å². The summed E-state index contributed by atoms with van der Waals surface area (Å²) in [6.45, 7) is 5.84. The van der Waals surface area contributed by atoms with Crippen LogP contribution in [-0.4, -0.2) is 24.5 Å². The lowest BCUT2D eigenvalue weighted by Crippen LogP contribution is -2.42. The quantitative estimate of drug-likeness (QED) is 0.360. The van der Waals surface area contributed by atoms with E-state index in [4.69, 9.17) is 5.84 Å². The van der Waals surface area contributed by atoms with Gasteiger partial charge in [-0.05, 0) is 11.5 Å². The second-order valence-corrected chi connectivity index (χ2v) is 4.54. The summed E-state index contributed by atoms with van der Waals surface area (Å²) >= 11 is 0.